The molecule has 0 bridgehead atoms. The Morgan fingerprint density at radius 1 is 1.20 bits per heavy atom. The average Bonchev–Trinajstić information content (AvgIpc) is 3.16. The number of hydrogen-bond acceptors (Lipinski definition) is 8. The van der Waals surface area contributed by atoms with Crippen molar-refractivity contribution < 1.29 is 9.53 Å². The number of benzene rings is 1. The standard InChI is InChI=1S/C23H31N7O4S/c1-15(2)12-30-20(24)19(21(32)25-22(30)33)28(10-11-34-4)18(31)14-35-23-27-26-16(3)29(23)13-17-8-6-5-7-9-17/h5-9,15H,10-14,24H2,1-4H3,(H,25,32,33). The maximum atomic E-state index is 13.3. The third-order valence-corrected chi connectivity index (χ3v) is 6.21. The van der Waals surface area contributed by atoms with Gasteiger partial charge in [-0.2, -0.15) is 0 Å². The highest BCUT2D eigenvalue weighted by atomic mass is 32.2. The van der Waals surface area contributed by atoms with E-state index in [0.29, 0.717) is 18.2 Å². The van der Waals surface area contributed by atoms with E-state index in [2.05, 4.69) is 15.2 Å². The predicted molar refractivity (Wildman–Crippen MR) is 136 cm³/mol. The van der Waals surface area contributed by atoms with Crippen LogP contribution in [-0.2, 0) is 22.6 Å². The third-order valence-electron chi connectivity index (χ3n) is 5.26. The normalized spacial score (nSPS) is 11.2. The van der Waals surface area contributed by atoms with E-state index in [9.17, 15) is 14.4 Å². The van der Waals surface area contributed by atoms with Gasteiger partial charge < -0.3 is 19.9 Å². The number of carbonyl (C=O) groups is 1. The number of carbonyl (C=O) groups excluding carboxylic acids is 1. The van der Waals surface area contributed by atoms with E-state index in [-0.39, 0.29) is 42.2 Å². The Bertz CT molecular complexity index is 1270. The number of aromatic amines is 1. The Morgan fingerprint density at radius 3 is 2.57 bits per heavy atom. The minimum atomic E-state index is -0.718. The highest BCUT2D eigenvalue weighted by molar-refractivity contribution is 7.99. The van der Waals surface area contributed by atoms with Crippen molar-refractivity contribution in [3.8, 4) is 0 Å². The number of rotatable bonds is 11. The molecule has 188 valence electrons. The molecule has 0 spiro atoms. The first-order valence-corrected chi connectivity index (χ1v) is 12.2. The second kappa shape index (κ2) is 11.8. The first-order chi connectivity index (χ1) is 16.7. The van der Waals surface area contributed by atoms with Gasteiger partial charge in [0.15, 0.2) is 10.8 Å². The van der Waals surface area contributed by atoms with Crippen LogP contribution in [0.2, 0.25) is 0 Å². The van der Waals surface area contributed by atoms with Gasteiger partial charge in [0.25, 0.3) is 5.56 Å². The molecule has 2 heterocycles. The number of nitrogens with zero attached hydrogens (tertiary/aromatic N) is 5. The number of aryl methyl sites for hydroxylation is 1. The summed E-state index contributed by atoms with van der Waals surface area (Å²) in [5, 5.41) is 8.95. The fourth-order valence-electron chi connectivity index (χ4n) is 3.55. The first-order valence-electron chi connectivity index (χ1n) is 11.2. The summed E-state index contributed by atoms with van der Waals surface area (Å²) in [6, 6.07) is 9.88. The lowest BCUT2D eigenvalue weighted by Crippen LogP contribution is -2.43. The molecule has 0 aliphatic carbocycles. The quantitative estimate of drug-likeness (QED) is 0.377. The van der Waals surface area contributed by atoms with Gasteiger partial charge in [-0.05, 0) is 18.4 Å². The van der Waals surface area contributed by atoms with Crippen molar-refractivity contribution in [2.75, 3.05) is 36.6 Å². The molecule has 0 aliphatic rings. The summed E-state index contributed by atoms with van der Waals surface area (Å²) in [6.07, 6.45) is 0. The predicted octanol–water partition coefficient (Wildman–Crippen LogP) is 1.49. The molecule has 3 rings (SSSR count). The third kappa shape index (κ3) is 6.40. The fourth-order valence-corrected chi connectivity index (χ4v) is 4.41. The molecule has 0 saturated heterocycles. The van der Waals surface area contributed by atoms with Crippen molar-refractivity contribution in [2.45, 2.75) is 39.0 Å². The van der Waals surface area contributed by atoms with Gasteiger partial charge in [0.1, 0.15) is 11.6 Å². The van der Waals surface area contributed by atoms with E-state index in [1.807, 2.05) is 55.7 Å². The van der Waals surface area contributed by atoms with Crippen LogP contribution in [0.25, 0.3) is 0 Å². The molecule has 3 aromatic rings. The molecule has 3 N–H and O–H groups in total. The molecule has 0 fully saturated rings. The molecule has 1 amide bonds. The minimum absolute atomic E-state index is 0.0151. The van der Waals surface area contributed by atoms with Crippen LogP contribution >= 0.6 is 11.8 Å². The van der Waals surface area contributed by atoms with Crippen LogP contribution < -0.4 is 21.9 Å². The number of methoxy groups -OCH3 is 1. The Morgan fingerprint density at radius 2 is 1.91 bits per heavy atom. The largest absolute Gasteiger partial charge is 0.383 e. The molecule has 0 radical (unpaired) electrons. The summed E-state index contributed by atoms with van der Waals surface area (Å²) < 4.78 is 8.35. The van der Waals surface area contributed by atoms with Crippen LogP contribution in [0.3, 0.4) is 0 Å². The van der Waals surface area contributed by atoms with E-state index in [1.54, 1.807) is 0 Å². The van der Waals surface area contributed by atoms with Crippen molar-refractivity contribution >= 4 is 29.2 Å². The zero-order valence-corrected chi connectivity index (χ0v) is 21.2. The molecule has 12 heteroatoms. The van der Waals surface area contributed by atoms with Crippen molar-refractivity contribution in [2.24, 2.45) is 5.92 Å². The summed E-state index contributed by atoms with van der Waals surface area (Å²) in [5.74, 6) is 0.391. The number of amides is 1. The van der Waals surface area contributed by atoms with Gasteiger partial charge in [0.05, 0.1) is 18.9 Å². The highest BCUT2D eigenvalue weighted by Crippen LogP contribution is 2.22. The average molecular weight is 502 g/mol. The van der Waals surface area contributed by atoms with E-state index in [1.165, 1.54) is 28.3 Å². The topological polar surface area (TPSA) is 141 Å². The lowest BCUT2D eigenvalue weighted by Gasteiger charge is -2.24. The highest BCUT2D eigenvalue weighted by Gasteiger charge is 2.25. The van der Waals surface area contributed by atoms with Gasteiger partial charge in [-0.15, -0.1) is 10.2 Å². The lowest BCUT2D eigenvalue weighted by atomic mass is 10.2. The van der Waals surface area contributed by atoms with Crippen molar-refractivity contribution in [1.29, 1.82) is 0 Å². The van der Waals surface area contributed by atoms with Crippen LogP contribution in [0.4, 0.5) is 11.5 Å². The summed E-state index contributed by atoms with van der Waals surface area (Å²) in [4.78, 5) is 41.9. The van der Waals surface area contributed by atoms with Crippen LogP contribution in [-0.4, -0.2) is 56.2 Å². The van der Waals surface area contributed by atoms with Gasteiger partial charge in [0, 0.05) is 20.2 Å². The number of nitrogen functional groups attached to an aromatic ring is 1. The zero-order chi connectivity index (χ0) is 25.5. The Labute approximate surface area is 207 Å². The van der Waals surface area contributed by atoms with E-state index in [0.717, 1.165) is 11.4 Å². The zero-order valence-electron chi connectivity index (χ0n) is 20.4. The van der Waals surface area contributed by atoms with Crippen molar-refractivity contribution in [3.05, 3.63) is 62.6 Å². The maximum Gasteiger partial charge on any atom is 0.330 e. The molecule has 11 nitrogen and oxygen atoms in total. The van der Waals surface area contributed by atoms with E-state index < -0.39 is 11.2 Å². The SMILES string of the molecule is COCCN(C(=O)CSc1nnc(C)n1Cc1ccccc1)c1c(N)n(CC(C)C)c(=O)[nH]c1=O. The van der Waals surface area contributed by atoms with Crippen LogP contribution in [0.1, 0.15) is 25.2 Å². The van der Waals surface area contributed by atoms with Crippen molar-refractivity contribution in [1.82, 2.24) is 24.3 Å². The van der Waals surface area contributed by atoms with Gasteiger partial charge in [-0.1, -0.05) is 55.9 Å². The molecular formula is C23H31N7O4S. The number of nitrogens with two attached hydrogens (primary N) is 1. The molecule has 35 heavy (non-hydrogen) atoms. The number of thioether (sulfide) groups is 1. The van der Waals surface area contributed by atoms with Gasteiger partial charge in [-0.3, -0.25) is 19.1 Å². The molecule has 0 unspecified atom stereocenters. The number of H-pyrrole nitrogens is 1. The molecule has 2 aromatic heterocycles. The fraction of sp³-hybridized carbons (Fsp3) is 0.435. The van der Waals surface area contributed by atoms with Gasteiger partial charge in [-0.25, -0.2) is 4.79 Å². The number of anilines is 2. The van der Waals surface area contributed by atoms with Gasteiger partial charge >= 0.3 is 5.69 Å². The second-order valence-electron chi connectivity index (χ2n) is 8.43. The smallest absolute Gasteiger partial charge is 0.330 e. The van der Waals surface area contributed by atoms with E-state index >= 15 is 0 Å². The maximum absolute atomic E-state index is 13.3. The molecule has 0 saturated carbocycles. The number of hydrogen-bond donors (Lipinski definition) is 2. The monoisotopic (exact) mass is 501 g/mol. The van der Waals surface area contributed by atoms with E-state index in [4.69, 9.17) is 10.5 Å². The molecule has 0 aliphatic heterocycles. The number of nitrogens with one attached hydrogen (secondary N) is 1. The lowest BCUT2D eigenvalue weighted by molar-refractivity contribution is -0.116. The Balaban J connectivity index is 1.87. The Kier molecular flexibility index (Phi) is 8.88. The molecule has 0 atom stereocenters. The summed E-state index contributed by atoms with van der Waals surface area (Å²) in [5.41, 5.74) is 5.93. The van der Waals surface area contributed by atoms with Crippen molar-refractivity contribution in [3.63, 3.8) is 0 Å². The van der Waals surface area contributed by atoms with Gasteiger partial charge in [0.2, 0.25) is 5.91 Å². The summed E-state index contributed by atoms with van der Waals surface area (Å²) in [7, 11) is 1.50. The summed E-state index contributed by atoms with van der Waals surface area (Å²) >= 11 is 1.22. The second-order valence-corrected chi connectivity index (χ2v) is 9.37. The molecular weight excluding hydrogens is 470 g/mol. The number of ether oxygens (including phenoxy) is 1. The van der Waals surface area contributed by atoms with Crippen LogP contribution in [0, 0.1) is 12.8 Å². The van der Waals surface area contributed by atoms with Crippen LogP contribution in [0.5, 0.6) is 0 Å². The minimum Gasteiger partial charge on any atom is -0.383 e. The summed E-state index contributed by atoms with van der Waals surface area (Å²) in [6.45, 7) is 6.85. The molecule has 1 aromatic carbocycles. The Hall–Kier alpha value is -3.38. The first kappa shape index (κ1) is 26.2. The van der Waals surface area contributed by atoms with Crippen LogP contribution in [0.15, 0.2) is 45.1 Å². The number of aromatic nitrogens is 5.